The number of aromatic nitrogens is 3. The third kappa shape index (κ3) is 4.56. The van der Waals surface area contributed by atoms with Crippen LogP contribution in [0.3, 0.4) is 0 Å². The van der Waals surface area contributed by atoms with Gasteiger partial charge >= 0.3 is 0 Å². The van der Waals surface area contributed by atoms with E-state index in [2.05, 4.69) is 25.9 Å². The highest BCUT2D eigenvalue weighted by molar-refractivity contribution is 7.18. The van der Waals surface area contributed by atoms with E-state index in [1.54, 1.807) is 22.0 Å². The summed E-state index contributed by atoms with van der Waals surface area (Å²) in [5.41, 5.74) is 4.72. The van der Waals surface area contributed by atoms with Gasteiger partial charge in [-0.3, -0.25) is 9.78 Å². The molecule has 3 aromatic heterocycles. The second-order valence-corrected chi connectivity index (χ2v) is 11.5. The zero-order valence-corrected chi connectivity index (χ0v) is 21.7. The Bertz CT molecular complexity index is 1410. The number of carbonyl (C=O) groups is 1. The van der Waals surface area contributed by atoms with Gasteiger partial charge in [-0.25, -0.2) is 9.07 Å². The van der Waals surface area contributed by atoms with Gasteiger partial charge in [0, 0.05) is 41.5 Å². The summed E-state index contributed by atoms with van der Waals surface area (Å²) in [6.45, 7) is 6.11. The molecule has 0 spiro atoms. The minimum Gasteiger partial charge on any atom is -0.333 e. The third-order valence-corrected chi connectivity index (χ3v) is 7.68. The van der Waals surface area contributed by atoms with Crippen LogP contribution in [0.4, 0.5) is 4.39 Å². The van der Waals surface area contributed by atoms with Crippen LogP contribution in [-0.2, 0) is 16.7 Å². The maximum atomic E-state index is 15.4. The number of carbonyl (C=O) groups excluding carboxylic acids is 1. The average molecular weight is 525 g/mol. The van der Waals surface area contributed by atoms with E-state index in [1.807, 2.05) is 48.7 Å². The molecule has 5 rings (SSSR count). The molecule has 1 aromatic carbocycles. The van der Waals surface area contributed by atoms with Gasteiger partial charge in [0.15, 0.2) is 5.41 Å². The lowest BCUT2D eigenvalue weighted by Crippen LogP contribution is -2.37. The van der Waals surface area contributed by atoms with Crippen LogP contribution in [0.5, 0.6) is 0 Å². The van der Waals surface area contributed by atoms with Crippen LogP contribution in [0.25, 0.3) is 16.8 Å². The topological polar surface area (TPSA) is 51.0 Å². The van der Waals surface area contributed by atoms with Crippen molar-refractivity contribution in [1.82, 2.24) is 19.7 Å². The summed E-state index contributed by atoms with van der Waals surface area (Å²) in [5, 5.41) is 2.86. The highest BCUT2D eigenvalue weighted by atomic mass is 35.5. The molecule has 0 aliphatic carbocycles. The first kappa shape index (κ1) is 23.9. The fourth-order valence-corrected chi connectivity index (χ4v) is 6.12. The monoisotopic (exact) mass is 524 g/mol. The molecule has 178 valence electrons. The SMILES string of the molecule is C=CC(=O)N1Cc2sc(Cl)cc2[C@H](c2ccccc2-c2cn(-c3ccncc3)nc2C(C)(F)P)C1. The van der Waals surface area contributed by atoms with Crippen LogP contribution in [0.15, 0.2) is 73.7 Å². The quantitative estimate of drug-likeness (QED) is 0.226. The second kappa shape index (κ2) is 9.30. The van der Waals surface area contributed by atoms with Crippen LogP contribution in [0, 0.1) is 0 Å². The van der Waals surface area contributed by atoms with Crippen molar-refractivity contribution >= 4 is 38.1 Å². The Kier molecular flexibility index (Phi) is 6.34. The Balaban J connectivity index is 1.68. The number of nitrogens with zero attached hydrogens (tertiary/aromatic N) is 4. The summed E-state index contributed by atoms with van der Waals surface area (Å²) in [4.78, 5) is 19.5. The summed E-state index contributed by atoms with van der Waals surface area (Å²) >= 11 is 7.88. The molecule has 0 N–H and O–H groups in total. The van der Waals surface area contributed by atoms with Gasteiger partial charge < -0.3 is 4.90 Å². The van der Waals surface area contributed by atoms with E-state index in [-0.39, 0.29) is 11.8 Å². The molecule has 4 heterocycles. The molecular formula is C26H23ClFN4OPS. The van der Waals surface area contributed by atoms with Crippen molar-refractivity contribution in [3.05, 3.63) is 99.7 Å². The zero-order chi connectivity index (χ0) is 24.7. The van der Waals surface area contributed by atoms with Crippen molar-refractivity contribution in [3.8, 4) is 16.8 Å². The summed E-state index contributed by atoms with van der Waals surface area (Å²) in [7, 11) is 2.25. The van der Waals surface area contributed by atoms with Crippen molar-refractivity contribution in [2.24, 2.45) is 0 Å². The van der Waals surface area contributed by atoms with E-state index in [0.717, 1.165) is 27.3 Å². The molecule has 35 heavy (non-hydrogen) atoms. The number of benzene rings is 1. The average Bonchev–Trinajstić information content (AvgIpc) is 3.47. The summed E-state index contributed by atoms with van der Waals surface area (Å²) in [5.74, 6) is -0.259. The Hall–Kier alpha value is -2.86. The number of hydrogen-bond donors (Lipinski definition) is 0. The van der Waals surface area contributed by atoms with Crippen LogP contribution in [-0.4, -0.2) is 32.1 Å². The number of pyridine rings is 1. The first-order valence-corrected chi connectivity index (χ1v) is 12.8. The molecule has 5 nitrogen and oxygen atoms in total. The van der Waals surface area contributed by atoms with Crippen molar-refractivity contribution in [3.63, 3.8) is 0 Å². The van der Waals surface area contributed by atoms with Gasteiger partial charge in [-0.05, 0) is 47.9 Å². The molecule has 1 amide bonds. The summed E-state index contributed by atoms with van der Waals surface area (Å²) in [6, 6.07) is 13.5. The van der Waals surface area contributed by atoms with Crippen molar-refractivity contribution < 1.29 is 9.18 Å². The van der Waals surface area contributed by atoms with Crippen molar-refractivity contribution in [2.75, 3.05) is 6.54 Å². The fourth-order valence-electron chi connectivity index (χ4n) is 4.55. The molecule has 0 bridgehead atoms. The lowest BCUT2D eigenvalue weighted by atomic mass is 9.83. The normalized spacial score (nSPS) is 17.0. The van der Waals surface area contributed by atoms with Crippen molar-refractivity contribution in [1.29, 1.82) is 0 Å². The van der Waals surface area contributed by atoms with Gasteiger partial charge in [0.2, 0.25) is 5.91 Å². The molecule has 3 atom stereocenters. The number of hydrogen-bond acceptors (Lipinski definition) is 4. The van der Waals surface area contributed by atoms with Gasteiger partial charge in [0.25, 0.3) is 0 Å². The van der Waals surface area contributed by atoms with E-state index < -0.39 is 5.41 Å². The van der Waals surface area contributed by atoms with Crippen LogP contribution in [0.2, 0.25) is 4.34 Å². The number of thiophene rings is 1. The Morgan fingerprint density at radius 3 is 2.71 bits per heavy atom. The predicted octanol–water partition coefficient (Wildman–Crippen LogP) is 6.33. The first-order chi connectivity index (χ1) is 16.8. The molecule has 1 aliphatic rings. The molecule has 2 unspecified atom stereocenters. The maximum Gasteiger partial charge on any atom is 0.246 e. The Morgan fingerprint density at radius 1 is 1.26 bits per heavy atom. The molecule has 4 aromatic rings. The predicted molar refractivity (Wildman–Crippen MR) is 142 cm³/mol. The van der Waals surface area contributed by atoms with Gasteiger partial charge in [-0.15, -0.1) is 11.3 Å². The summed E-state index contributed by atoms with van der Waals surface area (Å²) in [6.07, 6.45) is 6.54. The first-order valence-electron chi connectivity index (χ1n) is 11.0. The van der Waals surface area contributed by atoms with Gasteiger partial charge in [-0.1, -0.05) is 51.7 Å². The van der Waals surface area contributed by atoms with Gasteiger partial charge in [0.1, 0.15) is 5.69 Å². The minimum atomic E-state index is -1.75. The molecule has 0 saturated carbocycles. The number of halogens is 2. The van der Waals surface area contributed by atoms with Crippen LogP contribution in [0.1, 0.15) is 34.5 Å². The Labute approximate surface area is 214 Å². The van der Waals surface area contributed by atoms with Gasteiger partial charge in [-0.2, -0.15) is 5.10 Å². The molecule has 0 saturated heterocycles. The standard InChI is InChI=1S/C26H23ClFN4OPS/c1-3-24(33)31-13-20(19-12-23(27)35-22(19)15-31)17-6-4-5-7-18(17)21-14-32(16-8-10-29-11-9-16)30-25(21)26(2,28)34/h3-12,14,20H,1,13,15,34H2,2H3/t20-,26?/m0/s1. The Morgan fingerprint density at radius 2 is 2.00 bits per heavy atom. The van der Waals surface area contributed by atoms with Crippen molar-refractivity contribution in [2.45, 2.75) is 24.8 Å². The van der Waals surface area contributed by atoms with E-state index in [9.17, 15) is 4.79 Å². The van der Waals surface area contributed by atoms with E-state index in [4.69, 9.17) is 11.6 Å². The third-order valence-electron chi connectivity index (χ3n) is 6.14. The van der Waals surface area contributed by atoms with Crippen LogP contribution < -0.4 is 0 Å². The highest BCUT2D eigenvalue weighted by Crippen LogP contribution is 2.45. The molecule has 9 heteroatoms. The molecule has 0 fully saturated rings. The van der Waals surface area contributed by atoms with Gasteiger partial charge in [0.05, 0.1) is 16.6 Å². The smallest absolute Gasteiger partial charge is 0.246 e. The lowest BCUT2D eigenvalue weighted by molar-refractivity contribution is -0.127. The van der Waals surface area contributed by atoms with E-state index >= 15 is 4.39 Å². The number of alkyl halides is 1. The minimum absolute atomic E-state index is 0.129. The molecule has 0 radical (unpaired) electrons. The van der Waals surface area contributed by atoms with E-state index in [1.165, 1.54) is 24.3 Å². The van der Waals surface area contributed by atoms with E-state index in [0.29, 0.717) is 28.7 Å². The number of rotatable bonds is 5. The molecular weight excluding hydrogens is 502 g/mol. The number of amides is 1. The summed E-state index contributed by atoms with van der Waals surface area (Å²) < 4.78 is 17.8. The fraction of sp³-hybridized carbons (Fsp3) is 0.192. The lowest BCUT2D eigenvalue weighted by Gasteiger charge is -2.33. The second-order valence-electron chi connectivity index (χ2n) is 8.61. The van der Waals surface area contributed by atoms with Crippen LogP contribution >= 0.6 is 32.2 Å². The highest BCUT2D eigenvalue weighted by Gasteiger charge is 2.34. The zero-order valence-electron chi connectivity index (χ0n) is 19.0. The number of fused-ring (bicyclic) bond motifs is 1. The largest absolute Gasteiger partial charge is 0.333 e. The maximum absolute atomic E-state index is 15.4. The molecule has 1 aliphatic heterocycles.